The van der Waals surface area contributed by atoms with Gasteiger partial charge in [0.25, 0.3) is 5.89 Å². The molecule has 3 rings (SSSR count). The van der Waals surface area contributed by atoms with Gasteiger partial charge in [-0.05, 0) is 31.3 Å². The normalized spacial score (nSPS) is 19.5. The Labute approximate surface area is 126 Å². The van der Waals surface area contributed by atoms with Gasteiger partial charge in [-0.3, -0.25) is 4.90 Å². The summed E-state index contributed by atoms with van der Waals surface area (Å²) in [6.07, 6.45) is 0. The predicted molar refractivity (Wildman–Crippen MR) is 74.6 cm³/mol. The fourth-order valence-corrected chi connectivity index (χ4v) is 2.36. The van der Waals surface area contributed by atoms with Crippen molar-refractivity contribution in [3.05, 3.63) is 30.1 Å². The van der Waals surface area contributed by atoms with Crippen molar-refractivity contribution in [2.45, 2.75) is 12.7 Å². The lowest BCUT2D eigenvalue weighted by molar-refractivity contribution is -0.0498. The van der Waals surface area contributed by atoms with Crippen molar-refractivity contribution in [2.24, 2.45) is 0 Å². The molecular formula is C14H16F2N4O2. The van der Waals surface area contributed by atoms with Gasteiger partial charge in [-0.2, -0.15) is 13.8 Å². The van der Waals surface area contributed by atoms with E-state index in [2.05, 4.69) is 25.1 Å². The van der Waals surface area contributed by atoms with E-state index in [-0.39, 0.29) is 11.8 Å². The van der Waals surface area contributed by atoms with Crippen LogP contribution in [0.3, 0.4) is 0 Å². The third kappa shape index (κ3) is 3.23. The topological polar surface area (TPSA) is 63.4 Å². The highest BCUT2D eigenvalue weighted by molar-refractivity contribution is 5.54. The summed E-state index contributed by atoms with van der Waals surface area (Å²) in [4.78, 5) is 6.55. The molecule has 1 unspecified atom stereocenters. The molecule has 1 aromatic heterocycles. The van der Waals surface area contributed by atoms with Gasteiger partial charge in [0.05, 0.1) is 6.04 Å². The lowest BCUT2D eigenvalue weighted by Gasteiger charge is -2.30. The molecule has 1 saturated heterocycles. The van der Waals surface area contributed by atoms with Crippen LogP contribution in [0.5, 0.6) is 5.75 Å². The van der Waals surface area contributed by atoms with Crippen molar-refractivity contribution in [3.8, 4) is 17.2 Å². The molecule has 0 saturated carbocycles. The van der Waals surface area contributed by atoms with Crippen LogP contribution in [0.2, 0.25) is 0 Å². The Morgan fingerprint density at radius 2 is 2.14 bits per heavy atom. The van der Waals surface area contributed by atoms with E-state index in [0.717, 1.165) is 19.6 Å². The number of nitrogens with zero attached hydrogens (tertiary/aromatic N) is 3. The Morgan fingerprint density at radius 1 is 1.36 bits per heavy atom. The molecule has 1 aliphatic heterocycles. The second-order valence-electron chi connectivity index (χ2n) is 5.06. The number of aromatic nitrogens is 2. The summed E-state index contributed by atoms with van der Waals surface area (Å²) in [5.74, 6) is 1.06. The van der Waals surface area contributed by atoms with Gasteiger partial charge in [0.2, 0.25) is 0 Å². The molecule has 2 heterocycles. The van der Waals surface area contributed by atoms with E-state index in [1.165, 1.54) is 12.1 Å². The number of halogens is 2. The van der Waals surface area contributed by atoms with Gasteiger partial charge < -0.3 is 14.6 Å². The third-order valence-electron chi connectivity index (χ3n) is 3.58. The van der Waals surface area contributed by atoms with Crippen LogP contribution in [0.4, 0.5) is 8.78 Å². The molecule has 1 N–H and O–H groups in total. The molecule has 0 spiro atoms. The zero-order valence-corrected chi connectivity index (χ0v) is 12.0. The molecule has 0 radical (unpaired) electrons. The molecule has 1 aromatic carbocycles. The van der Waals surface area contributed by atoms with Gasteiger partial charge >= 0.3 is 6.61 Å². The summed E-state index contributed by atoms with van der Waals surface area (Å²) in [6.45, 7) is -0.232. The Morgan fingerprint density at radius 3 is 2.82 bits per heavy atom. The number of piperazine rings is 1. The van der Waals surface area contributed by atoms with E-state index < -0.39 is 6.61 Å². The molecule has 0 amide bonds. The molecular weight excluding hydrogens is 294 g/mol. The highest BCUT2D eigenvalue weighted by Crippen LogP contribution is 2.24. The van der Waals surface area contributed by atoms with Crippen molar-refractivity contribution in [3.63, 3.8) is 0 Å². The first kappa shape index (κ1) is 14.9. The van der Waals surface area contributed by atoms with Crippen LogP contribution in [0.1, 0.15) is 11.9 Å². The fourth-order valence-electron chi connectivity index (χ4n) is 2.36. The van der Waals surface area contributed by atoms with Crippen molar-refractivity contribution in [1.82, 2.24) is 20.4 Å². The summed E-state index contributed by atoms with van der Waals surface area (Å²) in [7, 11) is 2.01. The number of ether oxygens (including phenoxy) is 1. The Hall–Kier alpha value is -2.06. The predicted octanol–water partition coefficient (Wildman–Crippen LogP) is 1.91. The number of rotatable bonds is 4. The van der Waals surface area contributed by atoms with Gasteiger partial charge in [-0.1, -0.05) is 5.16 Å². The van der Waals surface area contributed by atoms with Crippen LogP contribution >= 0.6 is 0 Å². The van der Waals surface area contributed by atoms with Gasteiger partial charge in [0.15, 0.2) is 5.82 Å². The number of nitrogens with one attached hydrogen (secondary N) is 1. The zero-order chi connectivity index (χ0) is 15.5. The minimum atomic E-state index is -2.84. The monoisotopic (exact) mass is 310 g/mol. The molecule has 1 aliphatic rings. The maximum Gasteiger partial charge on any atom is 0.387 e. The average molecular weight is 310 g/mol. The lowest BCUT2D eigenvalue weighted by atomic mass is 10.2. The zero-order valence-electron chi connectivity index (χ0n) is 12.0. The van der Waals surface area contributed by atoms with E-state index >= 15 is 0 Å². The van der Waals surface area contributed by atoms with Gasteiger partial charge in [-0.25, -0.2) is 0 Å². The van der Waals surface area contributed by atoms with Crippen LogP contribution in [0.15, 0.2) is 28.8 Å². The molecule has 8 heteroatoms. The Bertz CT molecular complexity index is 618. The van der Waals surface area contributed by atoms with Crippen LogP contribution in [-0.4, -0.2) is 48.3 Å². The molecule has 0 bridgehead atoms. The van der Waals surface area contributed by atoms with E-state index in [1.807, 2.05) is 7.05 Å². The molecule has 2 aromatic rings. The summed E-state index contributed by atoms with van der Waals surface area (Å²) in [6, 6.07) is 6.17. The van der Waals surface area contributed by atoms with Crippen LogP contribution in [0, 0.1) is 0 Å². The number of alkyl halides is 2. The lowest BCUT2D eigenvalue weighted by Crippen LogP contribution is -2.44. The second-order valence-corrected chi connectivity index (χ2v) is 5.06. The maximum absolute atomic E-state index is 12.1. The summed E-state index contributed by atoms with van der Waals surface area (Å²) in [5.41, 5.74) is 0.659. The average Bonchev–Trinajstić information content (AvgIpc) is 2.97. The molecule has 1 fully saturated rings. The second kappa shape index (κ2) is 6.37. The smallest absolute Gasteiger partial charge is 0.387 e. The van der Waals surface area contributed by atoms with Gasteiger partial charge in [-0.15, -0.1) is 0 Å². The van der Waals surface area contributed by atoms with Gasteiger partial charge in [0.1, 0.15) is 5.75 Å². The number of hydrogen-bond donors (Lipinski definition) is 1. The Kier molecular flexibility index (Phi) is 4.30. The molecule has 1 atom stereocenters. The summed E-state index contributed by atoms with van der Waals surface area (Å²) in [5, 5.41) is 7.31. The first-order valence-electron chi connectivity index (χ1n) is 6.93. The molecule has 6 nitrogen and oxygen atoms in total. The number of likely N-dealkylation sites (N-methyl/N-ethyl adjacent to an activating group) is 1. The molecule has 118 valence electrons. The number of benzene rings is 1. The molecule has 22 heavy (non-hydrogen) atoms. The van der Waals surface area contributed by atoms with Crippen molar-refractivity contribution >= 4 is 0 Å². The van der Waals surface area contributed by atoms with E-state index in [9.17, 15) is 8.78 Å². The molecule has 0 aliphatic carbocycles. The fraction of sp³-hybridized carbons (Fsp3) is 0.429. The van der Waals surface area contributed by atoms with Crippen molar-refractivity contribution < 1.29 is 18.0 Å². The van der Waals surface area contributed by atoms with Crippen LogP contribution in [-0.2, 0) is 0 Å². The van der Waals surface area contributed by atoms with Crippen molar-refractivity contribution in [2.75, 3.05) is 26.7 Å². The van der Waals surface area contributed by atoms with E-state index in [1.54, 1.807) is 12.1 Å². The highest BCUT2D eigenvalue weighted by atomic mass is 19.3. The van der Waals surface area contributed by atoms with E-state index in [0.29, 0.717) is 17.3 Å². The first-order chi connectivity index (χ1) is 10.6. The third-order valence-corrected chi connectivity index (χ3v) is 3.58. The minimum absolute atomic E-state index is 0.0627. The quantitative estimate of drug-likeness (QED) is 0.931. The van der Waals surface area contributed by atoms with Gasteiger partial charge in [0, 0.05) is 25.2 Å². The standard InChI is InChI=1S/C14H16F2N4O2/c1-20-7-6-17-8-11(20)12-18-13(22-19-12)9-2-4-10(5-3-9)21-14(15)16/h2-5,11,14,17H,6-8H2,1H3. The minimum Gasteiger partial charge on any atom is -0.435 e. The summed E-state index contributed by atoms with van der Waals surface area (Å²) < 4.78 is 33.8. The van der Waals surface area contributed by atoms with Crippen LogP contribution in [0.25, 0.3) is 11.5 Å². The highest BCUT2D eigenvalue weighted by Gasteiger charge is 2.25. The number of hydrogen-bond acceptors (Lipinski definition) is 6. The Balaban J connectivity index is 1.75. The van der Waals surface area contributed by atoms with E-state index in [4.69, 9.17) is 4.52 Å². The van der Waals surface area contributed by atoms with Crippen LogP contribution < -0.4 is 10.1 Å². The SMILES string of the molecule is CN1CCNCC1c1noc(-c2ccc(OC(F)F)cc2)n1. The largest absolute Gasteiger partial charge is 0.435 e. The summed E-state index contributed by atoms with van der Waals surface area (Å²) >= 11 is 0. The first-order valence-corrected chi connectivity index (χ1v) is 6.93. The van der Waals surface area contributed by atoms with Crippen molar-refractivity contribution in [1.29, 1.82) is 0 Å². The maximum atomic E-state index is 12.1.